The van der Waals surface area contributed by atoms with Gasteiger partial charge in [0.05, 0.1) is 12.3 Å². The predicted molar refractivity (Wildman–Crippen MR) is 113 cm³/mol. The van der Waals surface area contributed by atoms with Gasteiger partial charge in [0.2, 0.25) is 5.91 Å². The second-order valence-electron chi connectivity index (χ2n) is 6.52. The lowest BCUT2D eigenvalue weighted by Gasteiger charge is -2.32. The molecule has 3 amide bonds. The molecule has 7 nitrogen and oxygen atoms in total. The van der Waals surface area contributed by atoms with Crippen LogP contribution in [0.3, 0.4) is 0 Å². The van der Waals surface area contributed by atoms with Crippen LogP contribution in [0.4, 0.5) is 26.2 Å². The number of anilines is 3. The number of carbonyl (C=O) groups is 2. The fourth-order valence-corrected chi connectivity index (χ4v) is 3.26. The number of fused-ring (bicyclic) bond motifs is 1. The largest absolute Gasteiger partial charge is 0.383 e. The van der Waals surface area contributed by atoms with E-state index in [1.165, 1.54) is 19.2 Å². The van der Waals surface area contributed by atoms with Crippen molar-refractivity contribution in [1.29, 1.82) is 0 Å². The van der Waals surface area contributed by atoms with Crippen molar-refractivity contribution in [1.82, 2.24) is 0 Å². The van der Waals surface area contributed by atoms with Crippen molar-refractivity contribution in [3.63, 3.8) is 0 Å². The highest BCUT2D eigenvalue weighted by atomic mass is 35.5. The normalized spacial score (nSPS) is 13.7. The van der Waals surface area contributed by atoms with Crippen molar-refractivity contribution < 1.29 is 18.7 Å². The number of benzene rings is 2. The van der Waals surface area contributed by atoms with Gasteiger partial charge in [-0.25, -0.2) is 9.18 Å². The highest BCUT2D eigenvalue weighted by Crippen LogP contribution is 2.33. The molecule has 0 fully saturated rings. The number of methoxy groups -OCH3 is 1. The van der Waals surface area contributed by atoms with Crippen LogP contribution >= 0.6 is 12.4 Å². The second-order valence-corrected chi connectivity index (χ2v) is 6.52. The second kappa shape index (κ2) is 10.2. The Balaban J connectivity index is 0.00000300. The summed E-state index contributed by atoms with van der Waals surface area (Å²) in [6.45, 7) is 0.682. The van der Waals surface area contributed by atoms with Gasteiger partial charge in [-0.2, -0.15) is 0 Å². The van der Waals surface area contributed by atoms with E-state index < -0.39 is 17.9 Å². The smallest absolute Gasteiger partial charge is 0.323 e. The molecule has 9 heteroatoms. The first kappa shape index (κ1) is 22.6. The quantitative estimate of drug-likeness (QED) is 0.689. The van der Waals surface area contributed by atoms with Gasteiger partial charge < -0.3 is 26.0 Å². The van der Waals surface area contributed by atoms with E-state index in [1.807, 2.05) is 6.07 Å². The van der Waals surface area contributed by atoms with Crippen molar-refractivity contribution in [2.45, 2.75) is 18.9 Å². The zero-order valence-electron chi connectivity index (χ0n) is 16.0. The van der Waals surface area contributed by atoms with E-state index in [1.54, 1.807) is 29.2 Å². The molecular weight excluding hydrogens is 399 g/mol. The summed E-state index contributed by atoms with van der Waals surface area (Å²) in [4.78, 5) is 26.6. The molecule has 4 N–H and O–H groups in total. The number of nitrogens with one attached hydrogen (secondary N) is 2. The Labute approximate surface area is 174 Å². The predicted octanol–water partition coefficient (Wildman–Crippen LogP) is 3.14. The number of hydrogen-bond acceptors (Lipinski definition) is 4. The molecule has 0 aliphatic carbocycles. The molecule has 1 atom stereocenters. The van der Waals surface area contributed by atoms with Gasteiger partial charge in [0.1, 0.15) is 11.9 Å². The van der Waals surface area contributed by atoms with Gasteiger partial charge in [0, 0.05) is 25.0 Å². The van der Waals surface area contributed by atoms with Gasteiger partial charge in [-0.1, -0.05) is 18.2 Å². The fourth-order valence-electron chi connectivity index (χ4n) is 3.26. The number of halogens is 2. The van der Waals surface area contributed by atoms with Crippen LogP contribution in [0.15, 0.2) is 42.5 Å². The highest BCUT2D eigenvalue weighted by Gasteiger charge is 2.28. The lowest BCUT2D eigenvalue weighted by atomic mass is 9.99. The van der Waals surface area contributed by atoms with Gasteiger partial charge in [0.15, 0.2) is 0 Å². The van der Waals surface area contributed by atoms with Crippen molar-refractivity contribution in [2.24, 2.45) is 5.73 Å². The summed E-state index contributed by atoms with van der Waals surface area (Å²) in [5.74, 6) is -0.743. The number of amides is 3. The van der Waals surface area contributed by atoms with Crippen LogP contribution in [0.5, 0.6) is 0 Å². The molecule has 29 heavy (non-hydrogen) atoms. The number of nitrogens with two attached hydrogens (primary N) is 1. The minimum absolute atomic E-state index is 0. The molecule has 3 rings (SSSR count). The third kappa shape index (κ3) is 5.23. The Hall–Kier alpha value is -2.68. The maximum absolute atomic E-state index is 13.7. The number of carbonyl (C=O) groups excluding carboxylic acids is 2. The van der Waals surface area contributed by atoms with Crippen molar-refractivity contribution in [3.05, 3.63) is 53.8 Å². The lowest BCUT2D eigenvalue weighted by Crippen LogP contribution is -2.48. The number of ether oxygens (including phenoxy) is 1. The third-order valence-electron chi connectivity index (χ3n) is 4.55. The molecular formula is C20H24ClFN4O3. The Kier molecular flexibility index (Phi) is 7.95. The van der Waals surface area contributed by atoms with Crippen LogP contribution in [0, 0.1) is 5.82 Å². The molecule has 0 radical (unpaired) electrons. The molecule has 1 aliphatic rings. The highest BCUT2D eigenvalue weighted by molar-refractivity contribution is 6.03. The first-order chi connectivity index (χ1) is 13.5. The molecule has 156 valence electrons. The minimum atomic E-state index is -0.753. The molecule has 1 heterocycles. The first-order valence-corrected chi connectivity index (χ1v) is 9.01. The molecule has 0 bridgehead atoms. The van der Waals surface area contributed by atoms with Crippen molar-refractivity contribution in [3.8, 4) is 0 Å². The van der Waals surface area contributed by atoms with E-state index >= 15 is 0 Å². The van der Waals surface area contributed by atoms with E-state index in [2.05, 4.69) is 10.6 Å². The fraction of sp³-hybridized carbons (Fsp3) is 0.300. The monoisotopic (exact) mass is 422 g/mol. The van der Waals surface area contributed by atoms with Crippen LogP contribution < -0.4 is 21.3 Å². The van der Waals surface area contributed by atoms with Gasteiger partial charge in [-0.05, 0) is 42.7 Å². The van der Waals surface area contributed by atoms with Crippen LogP contribution in [0.2, 0.25) is 0 Å². The number of urea groups is 1. The van der Waals surface area contributed by atoms with Gasteiger partial charge >= 0.3 is 6.03 Å². The van der Waals surface area contributed by atoms with E-state index in [9.17, 15) is 14.0 Å². The molecule has 2 aromatic carbocycles. The van der Waals surface area contributed by atoms with Crippen LogP contribution in [-0.4, -0.2) is 38.2 Å². The van der Waals surface area contributed by atoms with E-state index in [0.29, 0.717) is 24.3 Å². The molecule has 0 aromatic heterocycles. The van der Waals surface area contributed by atoms with Crippen LogP contribution in [-0.2, 0) is 16.0 Å². The lowest BCUT2D eigenvalue weighted by molar-refractivity contribution is -0.121. The van der Waals surface area contributed by atoms with Gasteiger partial charge in [0.25, 0.3) is 0 Å². The number of rotatable bonds is 5. The SMILES string of the molecule is COCC(N)C(=O)N1CCCc2c(NC(=O)Nc3ccccc3F)cccc21.Cl. The summed E-state index contributed by atoms with van der Waals surface area (Å²) < 4.78 is 18.7. The first-order valence-electron chi connectivity index (χ1n) is 9.01. The topological polar surface area (TPSA) is 96.7 Å². The van der Waals surface area contributed by atoms with E-state index in [4.69, 9.17) is 10.5 Å². The summed E-state index contributed by atoms with van der Waals surface area (Å²) in [6.07, 6.45) is 1.45. The summed E-state index contributed by atoms with van der Waals surface area (Å²) >= 11 is 0. The van der Waals surface area contributed by atoms with Crippen LogP contribution in [0.1, 0.15) is 12.0 Å². The number of hydrogen-bond donors (Lipinski definition) is 3. The van der Waals surface area contributed by atoms with Crippen molar-refractivity contribution >= 4 is 41.4 Å². The molecule has 0 spiro atoms. The zero-order chi connectivity index (χ0) is 20.1. The van der Waals surface area contributed by atoms with Gasteiger partial charge in [-0.3, -0.25) is 4.79 Å². The van der Waals surface area contributed by atoms with Gasteiger partial charge in [-0.15, -0.1) is 12.4 Å². The van der Waals surface area contributed by atoms with Crippen molar-refractivity contribution in [2.75, 3.05) is 35.8 Å². The Morgan fingerprint density at radius 3 is 2.59 bits per heavy atom. The third-order valence-corrected chi connectivity index (χ3v) is 4.55. The Bertz CT molecular complexity index is 881. The number of para-hydroxylation sites is 1. The molecule has 0 saturated carbocycles. The number of nitrogens with zero attached hydrogens (tertiary/aromatic N) is 1. The molecule has 1 unspecified atom stereocenters. The molecule has 0 saturated heterocycles. The average molecular weight is 423 g/mol. The standard InChI is InChI=1S/C20H23FN4O3.ClH/c1-28-12-15(22)19(26)25-11-5-6-13-16(9-4-10-18(13)25)23-20(27)24-17-8-3-2-7-14(17)21;/h2-4,7-10,15H,5-6,11-12,22H2,1H3,(H2,23,24,27);1H. The minimum Gasteiger partial charge on any atom is -0.383 e. The molecule has 1 aliphatic heterocycles. The Morgan fingerprint density at radius 2 is 1.86 bits per heavy atom. The average Bonchev–Trinajstić information content (AvgIpc) is 2.69. The summed E-state index contributed by atoms with van der Waals surface area (Å²) in [6, 6.07) is 9.95. The maximum atomic E-state index is 13.7. The van der Waals surface area contributed by atoms with E-state index in [0.717, 1.165) is 12.0 Å². The van der Waals surface area contributed by atoms with E-state index in [-0.39, 0.29) is 30.6 Å². The van der Waals surface area contributed by atoms with Crippen LogP contribution in [0.25, 0.3) is 0 Å². The summed E-state index contributed by atoms with van der Waals surface area (Å²) in [5.41, 5.74) is 8.12. The summed E-state index contributed by atoms with van der Waals surface area (Å²) in [5, 5.41) is 5.24. The Morgan fingerprint density at radius 1 is 1.17 bits per heavy atom. The maximum Gasteiger partial charge on any atom is 0.323 e. The summed E-state index contributed by atoms with van der Waals surface area (Å²) in [7, 11) is 1.49. The molecule has 2 aromatic rings. The zero-order valence-corrected chi connectivity index (χ0v) is 16.8.